The van der Waals surface area contributed by atoms with Crippen LogP contribution in [0, 0.1) is 5.41 Å². The van der Waals surface area contributed by atoms with Gasteiger partial charge in [-0.25, -0.2) is 4.79 Å². The Kier molecular flexibility index (Phi) is 23.4. The third kappa shape index (κ3) is 14.1. The molecule has 2 aromatic rings. The molecule has 1 spiro atoms. The van der Waals surface area contributed by atoms with E-state index in [4.69, 9.17) is 31.9 Å². The molecule has 0 saturated carbocycles. The van der Waals surface area contributed by atoms with E-state index < -0.39 is 44.5 Å². The zero-order chi connectivity index (χ0) is 55.7. The van der Waals surface area contributed by atoms with Crippen molar-refractivity contribution >= 4 is 49.6 Å². The van der Waals surface area contributed by atoms with Crippen molar-refractivity contribution in [3.8, 4) is 0 Å². The Morgan fingerprint density at radius 2 is 1.19 bits per heavy atom. The molecule has 0 radical (unpaired) electrons. The lowest BCUT2D eigenvalue weighted by Crippen LogP contribution is -2.66. The van der Waals surface area contributed by atoms with Crippen LogP contribution in [0.25, 0.3) is 0 Å². The van der Waals surface area contributed by atoms with Crippen LogP contribution in [0.15, 0.2) is 85.0 Å². The first-order valence-corrected chi connectivity index (χ1v) is 37.8. The number of benzene rings is 2. The highest BCUT2D eigenvalue weighted by Crippen LogP contribution is 2.53. The van der Waals surface area contributed by atoms with Crippen LogP contribution in [0.5, 0.6) is 0 Å². The lowest BCUT2D eigenvalue weighted by Gasteiger charge is -2.57. The number of carbonyl (C=O) groups is 1. The predicted octanol–water partition coefficient (Wildman–Crippen LogP) is 16.2. The van der Waals surface area contributed by atoms with Gasteiger partial charge < -0.3 is 31.9 Å². The number of rotatable bonds is 27. The molecule has 0 unspecified atom stereocenters. The van der Waals surface area contributed by atoms with E-state index in [0.29, 0.717) is 72.0 Å². The molecule has 12 heteroatoms. The van der Waals surface area contributed by atoms with E-state index in [-0.39, 0.29) is 41.5 Å². The molecule has 0 aliphatic carbocycles. The van der Waals surface area contributed by atoms with Gasteiger partial charge in [0.25, 0.3) is 8.32 Å². The maximum atomic E-state index is 12.9. The van der Waals surface area contributed by atoms with Crippen LogP contribution >= 0.6 is 0 Å². The van der Waals surface area contributed by atoms with Crippen LogP contribution in [-0.2, 0) is 36.7 Å². The molecule has 0 N–H and O–H groups in total. The Hall–Kier alpha value is -1.98. The van der Waals surface area contributed by atoms with Crippen molar-refractivity contribution in [2.45, 2.75) is 270 Å². The Morgan fingerprint density at radius 3 is 1.59 bits per heavy atom. The number of carbonyl (C=O) groups excluding carboxylic acids is 1. The first-order valence-electron chi connectivity index (χ1n) is 29.1. The summed E-state index contributed by atoms with van der Waals surface area (Å²) in [4.78, 5) is 12.9. The molecular formula is C62H108O8Si4. The van der Waals surface area contributed by atoms with Gasteiger partial charge in [-0.2, -0.15) is 0 Å². The zero-order valence-corrected chi connectivity index (χ0v) is 54.8. The summed E-state index contributed by atoms with van der Waals surface area (Å²) < 4.78 is 51.7. The number of methoxy groups -OCH3 is 1. The summed E-state index contributed by atoms with van der Waals surface area (Å²) in [6.07, 6.45) is 5.97. The maximum Gasteiger partial charge on any atom is 0.330 e. The fourth-order valence-corrected chi connectivity index (χ4v) is 33.0. The number of hydrogen-bond donors (Lipinski definition) is 0. The minimum Gasteiger partial charge on any atom is -0.466 e. The highest BCUT2D eigenvalue weighted by molar-refractivity contribution is 6.99. The van der Waals surface area contributed by atoms with E-state index in [1.165, 1.54) is 17.5 Å². The highest BCUT2D eigenvalue weighted by atomic mass is 28.4. The lowest BCUT2D eigenvalue weighted by atomic mass is 9.72. The van der Waals surface area contributed by atoms with E-state index in [2.05, 4.69) is 206 Å². The van der Waals surface area contributed by atoms with Crippen LogP contribution in [0.3, 0.4) is 0 Å². The number of hydrogen-bond acceptors (Lipinski definition) is 8. The van der Waals surface area contributed by atoms with Gasteiger partial charge in [0.05, 0.1) is 25.4 Å². The van der Waals surface area contributed by atoms with Crippen molar-refractivity contribution < 1.29 is 36.7 Å². The Balaban J connectivity index is 1.99. The van der Waals surface area contributed by atoms with E-state index >= 15 is 0 Å². The minimum atomic E-state index is -2.86. The first kappa shape index (κ1) is 64.5. The Morgan fingerprint density at radius 1 is 0.730 bits per heavy atom. The second-order valence-electron chi connectivity index (χ2n) is 25.9. The van der Waals surface area contributed by atoms with Gasteiger partial charge >= 0.3 is 5.97 Å². The average molecular weight is 1090 g/mol. The van der Waals surface area contributed by atoms with Crippen molar-refractivity contribution in [3.05, 3.63) is 85.0 Å². The maximum absolute atomic E-state index is 12.9. The molecule has 2 aliphatic heterocycles. The summed E-state index contributed by atoms with van der Waals surface area (Å²) >= 11 is 0. The second kappa shape index (κ2) is 26.8. The van der Waals surface area contributed by atoms with Crippen LogP contribution in [-0.4, -0.2) is 89.3 Å². The van der Waals surface area contributed by atoms with Gasteiger partial charge in [0.15, 0.2) is 14.1 Å². The lowest BCUT2D eigenvalue weighted by molar-refractivity contribution is -0.341. The minimum absolute atomic E-state index is 0.144. The number of ether oxygens (including phenoxy) is 3. The van der Waals surface area contributed by atoms with Gasteiger partial charge in [-0.05, 0) is 92.5 Å². The fraction of sp³-hybridized carbons (Fsp3) is 0.726. The van der Waals surface area contributed by atoms with Gasteiger partial charge in [0, 0.05) is 43.1 Å². The third-order valence-corrected chi connectivity index (χ3v) is 40.3. The largest absolute Gasteiger partial charge is 0.466 e. The summed E-state index contributed by atoms with van der Waals surface area (Å²) in [6, 6.07) is 25.2. The van der Waals surface area contributed by atoms with Gasteiger partial charge in [0.1, 0.15) is 0 Å². The third-order valence-electron chi connectivity index (χ3n) is 18.3. The Labute approximate surface area is 457 Å². The van der Waals surface area contributed by atoms with Crippen molar-refractivity contribution in [3.63, 3.8) is 0 Å². The first-order chi connectivity index (χ1) is 34.5. The normalized spacial score (nSPS) is 22.7. The van der Waals surface area contributed by atoms with Crippen molar-refractivity contribution in [1.82, 2.24) is 0 Å². The van der Waals surface area contributed by atoms with Gasteiger partial charge in [-0.15, -0.1) is 6.58 Å². The smallest absolute Gasteiger partial charge is 0.330 e. The van der Waals surface area contributed by atoms with E-state index in [9.17, 15) is 4.79 Å². The molecule has 0 amide bonds. The fourth-order valence-electron chi connectivity index (χ4n) is 14.2. The van der Waals surface area contributed by atoms with E-state index in [0.717, 1.165) is 30.1 Å². The summed E-state index contributed by atoms with van der Waals surface area (Å²) in [5, 5.41) is 2.41. The molecule has 2 aliphatic rings. The summed E-state index contributed by atoms with van der Waals surface area (Å²) in [6.45, 7) is 52.3. The summed E-state index contributed by atoms with van der Waals surface area (Å²) in [7, 11) is -8.53. The second-order valence-corrected chi connectivity index (χ2v) is 45.7. The average Bonchev–Trinajstić information content (AvgIpc) is 3.33. The van der Waals surface area contributed by atoms with Gasteiger partial charge in [-0.1, -0.05) is 211 Å². The molecule has 420 valence electrons. The van der Waals surface area contributed by atoms with Gasteiger partial charge in [0.2, 0.25) is 16.6 Å². The van der Waals surface area contributed by atoms with Gasteiger partial charge in [-0.3, -0.25) is 0 Å². The van der Waals surface area contributed by atoms with E-state index in [1.54, 1.807) is 6.08 Å². The molecule has 2 aromatic carbocycles. The molecule has 0 bridgehead atoms. The molecule has 2 fully saturated rings. The van der Waals surface area contributed by atoms with E-state index in [1.807, 2.05) is 6.08 Å². The topological polar surface area (TPSA) is 81.7 Å². The highest BCUT2D eigenvalue weighted by Gasteiger charge is 2.58. The van der Waals surface area contributed by atoms with Crippen molar-refractivity contribution in [2.24, 2.45) is 5.41 Å². The molecule has 0 aromatic heterocycles. The molecule has 2 saturated heterocycles. The molecular weight excluding hydrogens is 985 g/mol. The van der Waals surface area contributed by atoms with Crippen LogP contribution in [0.1, 0.15) is 177 Å². The zero-order valence-electron chi connectivity index (χ0n) is 50.8. The van der Waals surface area contributed by atoms with Crippen LogP contribution in [0.2, 0.25) is 56.4 Å². The molecule has 2 heterocycles. The molecule has 6 atom stereocenters. The quantitative estimate of drug-likeness (QED) is 0.0379. The summed E-state index contributed by atoms with van der Waals surface area (Å²) in [5.74, 6) is -1.41. The monoisotopic (exact) mass is 1090 g/mol. The van der Waals surface area contributed by atoms with Crippen molar-refractivity contribution in [1.29, 1.82) is 0 Å². The number of esters is 1. The van der Waals surface area contributed by atoms with Crippen LogP contribution < -0.4 is 10.4 Å². The SMILES string of the molecule is C=C[C@H]1C/C(=C\C(=O)OC)C[C@@]2(C[C@H](O[Si](CC)(CC)CC)C(C)(C)[C@H](C[C@@H](C[C@H](CCO[Si](c3ccccc3)(c3ccccc3)C(C)(C)C)O[Si](C(C)C)(C(C)C)C(C)C)O[Si](C(C)C)(C(C)C)C(C)C)O2)O1. The van der Waals surface area contributed by atoms with Crippen LogP contribution in [0.4, 0.5) is 0 Å². The Bertz CT molecular complexity index is 1970. The summed E-state index contributed by atoms with van der Waals surface area (Å²) in [5.41, 5.74) is 2.81. The molecule has 8 nitrogen and oxygen atoms in total. The molecule has 74 heavy (non-hydrogen) atoms. The molecule has 4 rings (SSSR count). The predicted molar refractivity (Wildman–Crippen MR) is 322 cm³/mol. The van der Waals surface area contributed by atoms with Crippen molar-refractivity contribution in [2.75, 3.05) is 13.7 Å². The standard InChI is InChI=1S/C62H108O8Si4/c1-23-52-39-51(40-59(63)64-22)43-62(66-52)44-58(70-71(24-2,25-3)26-4)61(20,21)57(67-62)42-54(69-73(48(11)12,49(13)14)50(15)16)41-53(68-72(45(5)6,46(7)8)47(9)10)37-38-65-74(60(17,18)19,55-33-29-27-30-34-55)56-35-31-28-32-36-56/h23,27-36,40,45-50,52-54,57-58H,1,24-26,37-39,41-44H2,2-22H3/b51-40+/t52-,53-,54+,57-,58-,62+/m0/s1.